The number of rotatable bonds is 12. The molecular weight excluding hydrogens is 501 g/mol. The van der Waals surface area contributed by atoms with Crippen LogP contribution in [-0.2, 0) is 5.41 Å². The van der Waals surface area contributed by atoms with Crippen LogP contribution in [0.4, 0.5) is 0 Å². The third kappa shape index (κ3) is 7.71. The molecule has 2 radical (unpaired) electrons. The Morgan fingerprint density at radius 2 is 1.16 bits per heavy atom. The quantitative estimate of drug-likeness (QED) is 0.185. The molecule has 0 aliphatic carbocycles. The fourth-order valence-corrected chi connectivity index (χ4v) is 9.33. The Labute approximate surface area is 230 Å². The lowest BCUT2D eigenvalue weighted by atomic mass is 9.78. The van der Waals surface area contributed by atoms with Crippen molar-refractivity contribution in [1.29, 1.82) is 0 Å². The summed E-state index contributed by atoms with van der Waals surface area (Å²) in [6.07, 6.45) is 1.10. The van der Waals surface area contributed by atoms with Gasteiger partial charge in [0.25, 0.3) is 0 Å². The Morgan fingerprint density at radius 3 is 1.59 bits per heavy atom. The van der Waals surface area contributed by atoms with Gasteiger partial charge >= 0.3 is 0 Å². The standard InChI is InChI=1S/C32H46O2Si3/c1-10-33-27-16-12-25(13-17-27)32(2,3)26-14-18-28(19-15-26)34-20-11-21-37(8,9)31-23-29(35(4)5)22-30(24-31)36(6)7/h12-19,22-24H,10-11,20-21H2,1-9H3. The molecule has 3 rings (SSSR count). The maximum Gasteiger partial charge on any atom is 0.119 e. The molecule has 0 amide bonds. The van der Waals surface area contributed by atoms with Crippen molar-refractivity contribution in [3.63, 3.8) is 0 Å². The lowest BCUT2D eigenvalue weighted by Crippen LogP contribution is -2.47. The Morgan fingerprint density at radius 1 is 0.703 bits per heavy atom. The van der Waals surface area contributed by atoms with Crippen molar-refractivity contribution in [1.82, 2.24) is 0 Å². The monoisotopic (exact) mass is 546 g/mol. The summed E-state index contributed by atoms with van der Waals surface area (Å²) in [6, 6.07) is 26.0. The van der Waals surface area contributed by atoms with E-state index in [0.29, 0.717) is 6.61 Å². The van der Waals surface area contributed by atoms with Crippen molar-refractivity contribution in [3.05, 3.63) is 77.9 Å². The van der Waals surface area contributed by atoms with Crippen LogP contribution in [0.1, 0.15) is 38.3 Å². The van der Waals surface area contributed by atoms with Crippen LogP contribution in [0.5, 0.6) is 11.5 Å². The van der Waals surface area contributed by atoms with E-state index in [1.54, 1.807) is 15.6 Å². The van der Waals surface area contributed by atoms with Gasteiger partial charge in [-0.05, 0) is 48.7 Å². The van der Waals surface area contributed by atoms with E-state index in [1.807, 2.05) is 6.92 Å². The van der Waals surface area contributed by atoms with E-state index >= 15 is 0 Å². The van der Waals surface area contributed by atoms with E-state index in [4.69, 9.17) is 9.47 Å². The molecule has 0 aliphatic heterocycles. The minimum atomic E-state index is -1.51. The van der Waals surface area contributed by atoms with Crippen molar-refractivity contribution in [2.24, 2.45) is 0 Å². The summed E-state index contributed by atoms with van der Waals surface area (Å²) >= 11 is 0. The lowest BCUT2D eigenvalue weighted by Gasteiger charge is -2.27. The van der Waals surface area contributed by atoms with E-state index in [0.717, 1.165) is 24.5 Å². The summed E-state index contributed by atoms with van der Waals surface area (Å²) in [5, 5.41) is 4.85. The van der Waals surface area contributed by atoms with Gasteiger partial charge < -0.3 is 9.47 Å². The van der Waals surface area contributed by atoms with Gasteiger partial charge in [-0.1, -0.05) is 117 Å². The molecule has 2 nitrogen and oxygen atoms in total. The Balaban J connectivity index is 1.59. The summed E-state index contributed by atoms with van der Waals surface area (Å²) in [5.41, 5.74) is 2.49. The minimum Gasteiger partial charge on any atom is -0.494 e. The van der Waals surface area contributed by atoms with Crippen molar-refractivity contribution in [2.75, 3.05) is 13.2 Å². The van der Waals surface area contributed by atoms with E-state index in [9.17, 15) is 0 Å². The molecule has 0 N–H and O–H groups in total. The average Bonchev–Trinajstić information content (AvgIpc) is 2.87. The summed E-state index contributed by atoms with van der Waals surface area (Å²) < 4.78 is 11.8. The first-order valence-electron chi connectivity index (χ1n) is 13.7. The molecule has 0 fully saturated rings. The van der Waals surface area contributed by atoms with Gasteiger partial charge in [0, 0.05) is 5.41 Å². The van der Waals surface area contributed by atoms with Crippen LogP contribution in [0.15, 0.2) is 66.7 Å². The van der Waals surface area contributed by atoms with Crippen LogP contribution in [0.25, 0.3) is 0 Å². The second-order valence-electron chi connectivity index (χ2n) is 11.7. The number of hydrogen-bond donors (Lipinski definition) is 0. The molecule has 0 heterocycles. The third-order valence-electron chi connectivity index (χ3n) is 7.55. The van der Waals surface area contributed by atoms with Crippen molar-refractivity contribution in [3.8, 4) is 11.5 Å². The van der Waals surface area contributed by atoms with Crippen LogP contribution in [0, 0.1) is 0 Å². The minimum absolute atomic E-state index is 0.0809. The fraction of sp³-hybridized carbons (Fsp3) is 0.438. The Kier molecular flexibility index (Phi) is 10.1. The molecule has 0 saturated carbocycles. The highest BCUT2D eigenvalue weighted by Crippen LogP contribution is 2.33. The van der Waals surface area contributed by atoms with Crippen molar-refractivity contribution in [2.45, 2.75) is 77.9 Å². The lowest BCUT2D eigenvalue weighted by molar-refractivity contribution is 0.316. The molecule has 0 spiro atoms. The molecule has 0 atom stereocenters. The fourth-order valence-electron chi connectivity index (χ4n) is 4.71. The first kappa shape index (κ1) is 29.5. The maximum absolute atomic E-state index is 6.19. The molecule has 37 heavy (non-hydrogen) atoms. The zero-order valence-corrected chi connectivity index (χ0v) is 27.5. The molecule has 3 aromatic carbocycles. The first-order valence-corrected chi connectivity index (χ1v) is 21.9. The van der Waals surface area contributed by atoms with Crippen LogP contribution in [0.3, 0.4) is 0 Å². The molecular formula is C32H46O2Si3. The summed E-state index contributed by atoms with van der Waals surface area (Å²) in [6.45, 7) is 22.7. The predicted molar refractivity (Wildman–Crippen MR) is 169 cm³/mol. The van der Waals surface area contributed by atoms with Crippen LogP contribution >= 0.6 is 0 Å². The van der Waals surface area contributed by atoms with Gasteiger partial charge in [-0.2, -0.15) is 0 Å². The summed E-state index contributed by atoms with van der Waals surface area (Å²) in [4.78, 5) is 0. The van der Waals surface area contributed by atoms with Gasteiger partial charge in [0.05, 0.1) is 38.9 Å². The highest BCUT2D eigenvalue weighted by molar-refractivity contribution is 6.90. The van der Waals surface area contributed by atoms with Gasteiger partial charge in [0.15, 0.2) is 0 Å². The Hall–Kier alpha value is -2.09. The summed E-state index contributed by atoms with van der Waals surface area (Å²) in [5.74, 6) is 1.89. The SMILES string of the molecule is CCOc1ccc(C(C)(C)c2ccc(OCCC[Si](C)(C)c3cc([Si](C)C)cc([Si](C)C)c3)cc2)cc1. The van der Waals surface area contributed by atoms with Gasteiger partial charge in [-0.15, -0.1) is 0 Å². The second kappa shape index (κ2) is 12.6. The van der Waals surface area contributed by atoms with E-state index < -0.39 is 25.7 Å². The highest BCUT2D eigenvalue weighted by Gasteiger charge is 2.25. The van der Waals surface area contributed by atoms with Gasteiger partial charge in [0.1, 0.15) is 11.5 Å². The van der Waals surface area contributed by atoms with E-state index in [2.05, 4.69) is 120 Å². The molecule has 198 valence electrons. The number of ether oxygens (including phenoxy) is 2. The first-order chi connectivity index (χ1) is 17.4. The predicted octanol–water partition coefficient (Wildman–Crippen LogP) is 6.72. The molecule has 5 heteroatoms. The van der Waals surface area contributed by atoms with E-state index in [1.165, 1.54) is 17.2 Å². The van der Waals surface area contributed by atoms with Gasteiger partial charge in [0.2, 0.25) is 0 Å². The van der Waals surface area contributed by atoms with Crippen LogP contribution in [0.2, 0.25) is 45.3 Å². The third-order valence-corrected chi connectivity index (χ3v) is 13.9. The number of hydrogen-bond acceptors (Lipinski definition) is 2. The topological polar surface area (TPSA) is 18.5 Å². The highest BCUT2D eigenvalue weighted by atomic mass is 28.3. The molecule has 0 saturated heterocycles. The van der Waals surface area contributed by atoms with Crippen molar-refractivity contribution < 1.29 is 9.47 Å². The van der Waals surface area contributed by atoms with Crippen LogP contribution < -0.4 is 25.0 Å². The smallest absolute Gasteiger partial charge is 0.119 e. The van der Waals surface area contributed by atoms with Crippen LogP contribution in [-0.4, -0.2) is 38.9 Å². The normalized spacial score (nSPS) is 12.3. The zero-order chi connectivity index (χ0) is 27.2. The zero-order valence-electron chi connectivity index (χ0n) is 24.5. The second-order valence-corrected chi connectivity index (χ2v) is 21.7. The molecule has 3 aromatic rings. The summed E-state index contributed by atoms with van der Waals surface area (Å²) in [7, 11) is -2.38. The van der Waals surface area contributed by atoms with Gasteiger partial charge in [-0.25, -0.2) is 0 Å². The number of benzene rings is 3. The van der Waals surface area contributed by atoms with E-state index in [-0.39, 0.29) is 5.41 Å². The van der Waals surface area contributed by atoms with Crippen molar-refractivity contribution >= 4 is 41.2 Å². The Bertz CT molecular complexity index is 1110. The average molecular weight is 547 g/mol. The largest absolute Gasteiger partial charge is 0.494 e. The molecule has 0 aromatic heterocycles. The molecule has 0 unspecified atom stereocenters. The maximum atomic E-state index is 6.19. The molecule has 0 aliphatic rings. The van der Waals surface area contributed by atoms with Gasteiger partial charge in [-0.3, -0.25) is 0 Å². The molecule has 0 bridgehead atoms.